The lowest BCUT2D eigenvalue weighted by molar-refractivity contribution is -0.348. The number of ether oxygens (including phenoxy) is 1. The van der Waals surface area contributed by atoms with E-state index in [1.807, 2.05) is 0 Å². The van der Waals surface area contributed by atoms with E-state index in [9.17, 15) is 48.3 Å². The Morgan fingerprint density at radius 1 is 0.846 bits per heavy atom. The molecule has 2 fully saturated rings. The smallest absolute Gasteiger partial charge is 0.381 e. The van der Waals surface area contributed by atoms with E-state index >= 15 is 0 Å². The highest BCUT2D eigenvalue weighted by molar-refractivity contribution is 7.92. The van der Waals surface area contributed by atoms with E-state index in [1.54, 1.807) is 0 Å². The lowest BCUT2D eigenvalue weighted by Gasteiger charge is -2.47. The van der Waals surface area contributed by atoms with Crippen LogP contribution in [0.1, 0.15) is 36.8 Å². The van der Waals surface area contributed by atoms with Gasteiger partial charge in [-0.05, 0) is 55.5 Å². The van der Waals surface area contributed by atoms with Gasteiger partial charge in [0.1, 0.15) is 10.6 Å². The van der Waals surface area contributed by atoms with Gasteiger partial charge in [-0.15, -0.1) is 0 Å². The molecule has 1 N–H and O–H groups in total. The molecule has 0 atom stereocenters. The number of alkyl halides is 7. The van der Waals surface area contributed by atoms with Crippen LogP contribution in [0.15, 0.2) is 53.4 Å². The third-order valence-electron chi connectivity index (χ3n) is 7.32. The van der Waals surface area contributed by atoms with E-state index in [1.165, 1.54) is 0 Å². The Morgan fingerprint density at radius 3 is 1.85 bits per heavy atom. The first-order chi connectivity index (χ1) is 18.0. The maximum Gasteiger partial charge on any atom is 0.435 e. The van der Waals surface area contributed by atoms with Crippen molar-refractivity contribution >= 4 is 15.7 Å². The van der Waals surface area contributed by atoms with E-state index in [-0.39, 0.29) is 41.5 Å². The zero-order valence-corrected chi connectivity index (χ0v) is 20.9. The molecule has 1 aliphatic heterocycles. The fourth-order valence-corrected chi connectivity index (χ4v) is 7.26. The predicted octanol–water partition coefficient (Wildman–Crippen LogP) is 5.49. The standard InChI is InChI=1S/C25H23F8NO4S/c26-18-5-7-20(8-6-18)39(36,37)22(13-15(14-22)21(35)34-19-9-11-38-12-10-19)16-1-3-17(4-2-16)23(27,24(28,29)30)25(31,32)33/h1-8,15,19H,9-14H2,(H,34,35)/t15-,22+. The van der Waals surface area contributed by atoms with Crippen molar-refractivity contribution in [1.29, 1.82) is 0 Å². The van der Waals surface area contributed by atoms with Crippen LogP contribution in [-0.2, 0) is 29.8 Å². The van der Waals surface area contributed by atoms with Crippen LogP contribution in [0.3, 0.4) is 0 Å². The van der Waals surface area contributed by atoms with Crippen LogP contribution < -0.4 is 5.32 Å². The summed E-state index contributed by atoms with van der Waals surface area (Å²) in [6, 6.07) is 5.36. The molecule has 2 aromatic carbocycles. The topological polar surface area (TPSA) is 72.5 Å². The average Bonchev–Trinajstić information content (AvgIpc) is 2.82. The monoisotopic (exact) mass is 585 g/mol. The van der Waals surface area contributed by atoms with Gasteiger partial charge in [-0.25, -0.2) is 17.2 Å². The number of nitrogens with one attached hydrogen (secondary N) is 1. The largest absolute Gasteiger partial charge is 0.435 e. The molecule has 2 aliphatic rings. The number of benzene rings is 2. The average molecular weight is 586 g/mol. The lowest BCUT2D eigenvalue weighted by Crippen LogP contribution is -2.54. The Labute approximate surface area is 218 Å². The summed E-state index contributed by atoms with van der Waals surface area (Å²) in [5.41, 5.74) is -7.68. The normalized spacial score (nSPS) is 23.2. The summed E-state index contributed by atoms with van der Waals surface area (Å²) in [5.74, 6) is -2.04. The Balaban J connectivity index is 1.71. The van der Waals surface area contributed by atoms with Crippen LogP contribution in [0.25, 0.3) is 0 Å². The molecule has 0 unspecified atom stereocenters. The number of hydrogen-bond donors (Lipinski definition) is 1. The summed E-state index contributed by atoms with van der Waals surface area (Å²) in [5, 5.41) is 2.81. The highest BCUT2D eigenvalue weighted by atomic mass is 32.2. The van der Waals surface area contributed by atoms with Gasteiger partial charge in [0.2, 0.25) is 5.91 Å². The van der Waals surface area contributed by atoms with Crippen LogP contribution in [0.2, 0.25) is 0 Å². The molecule has 0 bridgehead atoms. The van der Waals surface area contributed by atoms with Crippen LogP contribution in [0.4, 0.5) is 35.1 Å². The second kappa shape index (κ2) is 10.0. The van der Waals surface area contributed by atoms with E-state index in [2.05, 4.69) is 5.32 Å². The van der Waals surface area contributed by atoms with Crippen LogP contribution >= 0.6 is 0 Å². The summed E-state index contributed by atoms with van der Waals surface area (Å²) in [4.78, 5) is 12.5. The fourth-order valence-electron chi connectivity index (χ4n) is 5.02. The molecule has 2 aromatic rings. The molecule has 0 spiro atoms. The molecule has 1 saturated carbocycles. The van der Waals surface area contributed by atoms with Crippen molar-refractivity contribution in [3.05, 3.63) is 65.5 Å². The minimum atomic E-state index is -6.34. The first kappa shape index (κ1) is 29.2. The van der Waals surface area contributed by atoms with Crippen molar-refractivity contribution < 1.29 is 53.1 Å². The van der Waals surface area contributed by atoms with Crippen molar-refractivity contribution in [2.75, 3.05) is 13.2 Å². The predicted molar refractivity (Wildman–Crippen MR) is 121 cm³/mol. The van der Waals surface area contributed by atoms with Crippen molar-refractivity contribution in [3.63, 3.8) is 0 Å². The van der Waals surface area contributed by atoms with Crippen molar-refractivity contribution in [2.24, 2.45) is 5.92 Å². The van der Waals surface area contributed by atoms with Gasteiger partial charge in [0.15, 0.2) is 9.84 Å². The van der Waals surface area contributed by atoms with Gasteiger partial charge >= 0.3 is 18.0 Å². The maximum absolute atomic E-state index is 14.5. The van der Waals surface area contributed by atoms with E-state index in [0.717, 1.165) is 24.3 Å². The third kappa shape index (κ3) is 5.01. The van der Waals surface area contributed by atoms with E-state index < -0.39 is 55.8 Å². The molecule has 1 aliphatic carbocycles. The molecule has 5 nitrogen and oxygen atoms in total. The zero-order chi connectivity index (χ0) is 28.9. The second-order valence-corrected chi connectivity index (χ2v) is 11.9. The summed E-state index contributed by atoms with van der Waals surface area (Å²) in [6.45, 7) is 0.855. The molecule has 39 heavy (non-hydrogen) atoms. The Bertz CT molecular complexity index is 1280. The highest BCUT2D eigenvalue weighted by Crippen LogP contribution is 2.56. The van der Waals surface area contributed by atoms with Crippen molar-refractivity contribution in [2.45, 2.75) is 59.4 Å². The minimum Gasteiger partial charge on any atom is -0.381 e. The Kier molecular flexibility index (Phi) is 7.52. The molecule has 14 heteroatoms. The zero-order valence-electron chi connectivity index (χ0n) is 20.1. The number of amides is 1. The molecule has 1 saturated heterocycles. The van der Waals surface area contributed by atoms with Gasteiger partial charge in [0, 0.05) is 30.7 Å². The van der Waals surface area contributed by atoms with Gasteiger partial charge in [-0.2, -0.15) is 26.3 Å². The molecule has 214 valence electrons. The maximum atomic E-state index is 14.5. The number of rotatable bonds is 6. The number of sulfone groups is 1. The van der Waals surface area contributed by atoms with Crippen molar-refractivity contribution in [3.8, 4) is 0 Å². The fraction of sp³-hybridized carbons (Fsp3) is 0.480. The molecule has 0 radical (unpaired) electrons. The molecular formula is C25H23F8NO4S. The van der Waals surface area contributed by atoms with Crippen LogP contribution in [-0.4, -0.2) is 45.9 Å². The number of carbonyl (C=O) groups excluding carboxylic acids is 1. The van der Waals surface area contributed by atoms with E-state index in [4.69, 9.17) is 4.74 Å². The molecular weight excluding hydrogens is 562 g/mol. The van der Waals surface area contributed by atoms with E-state index in [0.29, 0.717) is 38.2 Å². The quantitative estimate of drug-likeness (QED) is 0.360. The molecule has 1 heterocycles. The van der Waals surface area contributed by atoms with Crippen LogP contribution in [0.5, 0.6) is 0 Å². The first-order valence-electron chi connectivity index (χ1n) is 11.8. The SMILES string of the molecule is O=C(NC1CCOCC1)[C@H]1C[C@@](c2ccc(C(F)(C(F)(F)F)C(F)(F)F)cc2)(S(=O)(=O)c2ccc(F)cc2)C1. The Hall–Kier alpha value is -2.74. The molecule has 1 amide bonds. The van der Waals surface area contributed by atoms with Crippen LogP contribution in [0, 0.1) is 11.7 Å². The first-order valence-corrected chi connectivity index (χ1v) is 13.3. The number of halogens is 8. The third-order valence-corrected chi connectivity index (χ3v) is 9.81. The number of hydrogen-bond acceptors (Lipinski definition) is 4. The highest BCUT2D eigenvalue weighted by Gasteiger charge is 2.73. The minimum absolute atomic E-state index is 0.198. The summed E-state index contributed by atoms with van der Waals surface area (Å²) < 4.78 is 138. The molecule has 4 rings (SSSR count). The van der Waals surface area contributed by atoms with Gasteiger partial charge in [0.05, 0.1) is 4.90 Å². The van der Waals surface area contributed by atoms with Gasteiger partial charge < -0.3 is 10.1 Å². The second-order valence-electron chi connectivity index (χ2n) is 9.68. The number of carbonyl (C=O) groups is 1. The van der Waals surface area contributed by atoms with Gasteiger partial charge in [0.25, 0.3) is 0 Å². The summed E-state index contributed by atoms with van der Waals surface area (Å²) in [6.07, 6.45) is -12.3. The lowest BCUT2D eigenvalue weighted by atomic mass is 9.69. The Morgan fingerprint density at radius 2 is 1.36 bits per heavy atom. The van der Waals surface area contributed by atoms with Gasteiger partial charge in [-0.1, -0.05) is 24.3 Å². The van der Waals surface area contributed by atoms with Crippen molar-refractivity contribution in [1.82, 2.24) is 5.32 Å². The summed E-state index contributed by atoms with van der Waals surface area (Å²) >= 11 is 0. The molecule has 0 aromatic heterocycles. The van der Waals surface area contributed by atoms with Gasteiger partial charge in [-0.3, -0.25) is 4.79 Å². The summed E-state index contributed by atoms with van der Waals surface area (Å²) in [7, 11) is -4.44.